The molecule has 1 amide bonds. The summed E-state index contributed by atoms with van der Waals surface area (Å²) in [5, 5.41) is 3.11. The third kappa shape index (κ3) is 2.73. The Morgan fingerprint density at radius 1 is 1.38 bits per heavy atom. The van der Waals surface area contributed by atoms with Gasteiger partial charge in [0.15, 0.2) is 11.0 Å². The van der Waals surface area contributed by atoms with E-state index in [0.717, 1.165) is 27.4 Å². The Morgan fingerprint density at radius 2 is 2.19 bits per heavy atom. The number of para-hydroxylation sites is 2. The van der Waals surface area contributed by atoms with E-state index in [1.807, 2.05) is 31.2 Å². The molecule has 0 saturated carbocycles. The molecule has 21 heavy (non-hydrogen) atoms. The molecule has 0 aliphatic rings. The summed E-state index contributed by atoms with van der Waals surface area (Å²) < 4.78 is 4.84. The predicted molar refractivity (Wildman–Crippen MR) is 82.6 cm³/mol. The Kier molecular flexibility index (Phi) is 3.57. The second-order valence-electron chi connectivity index (χ2n) is 4.38. The molecule has 3 aromatic rings. The lowest BCUT2D eigenvalue weighted by molar-refractivity contribution is 0.168. The second kappa shape index (κ2) is 5.53. The van der Waals surface area contributed by atoms with Crippen molar-refractivity contribution in [2.24, 2.45) is 0 Å². The first-order valence-electron chi connectivity index (χ1n) is 6.53. The molecule has 0 spiro atoms. The molecule has 6 nitrogen and oxygen atoms in total. The zero-order valence-electron chi connectivity index (χ0n) is 11.6. The van der Waals surface area contributed by atoms with Crippen LogP contribution in [0.1, 0.15) is 12.6 Å². The first kappa shape index (κ1) is 13.6. The molecule has 108 valence electrons. The number of nitrogens with one attached hydrogen (secondary N) is 2. The number of imidazole rings is 1. The number of rotatable bonds is 3. The first-order chi connectivity index (χ1) is 10.2. The van der Waals surface area contributed by atoms with Crippen LogP contribution in [0.2, 0.25) is 0 Å². The Balaban J connectivity index is 1.91. The third-order valence-corrected chi connectivity index (χ3v) is 3.97. The Labute approximate surface area is 125 Å². The van der Waals surface area contributed by atoms with Gasteiger partial charge in [-0.3, -0.25) is 5.32 Å². The van der Waals surface area contributed by atoms with Gasteiger partial charge in [0.1, 0.15) is 0 Å². The maximum absolute atomic E-state index is 11.4. The zero-order valence-corrected chi connectivity index (χ0v) is 12.5. The number of carbonyl (C=O) groups excluding carboxylic acids is 1. The van der Waals surface area contributed by atoms with E-state index in [4.69, 9.17) is 4.74 Å². The van der Waals surface area contributed by atoms with Crippen molar-refractivity contribution in [2.45, 2.75) is 13.8 Å². The average Bonchev–Trinajstić information content (AvgIpc) is 3.02. The number of aromatic amines is 1. The van der Waals surface area contributed by atoms with Gasteiger partial charge in [0.25, 0.3) is 0 Å². The topological polar surface area (TPSA) is 79.9 Å². The summed E-state index contributed by atoms with van der Waals surface area (Å²) in [4.78, 5) is 24.5. The van der Waals surface area contributed by atoms with E-state index in [1.165, 1.54) is 11.3 Å². The lowest BCUT2D eigenvalue weighted by Gasteiger charge is -1.99. The van der Waals surface area contributed by atoms with Crippen LogP contribution in [0.3, 0.4) is 0 Å². The highest BCUT2D eigenvalue weighted by Crippen LogP contribution is 2.32. The number of fused-ring (bicyclic) bond motifs is 1. The molecule has 2 heterocycles. The number of nitrogens with zero attached hydrogens (tertiary/aromatic N) is 2. The Morgan fingerprint density at radius 3 is 2.95 bits per heavy atom. The van der Waals surface area contributed by atoms with Crippen LogP contribution in [-0.2, 0) is 4.74 Å². The molecule has 0 unspecified atom stereocenters. The monoisotopic (exact) mass is 302 g/mol. The average molecular weight is 302 g/mol. The fourth-order valence-electron chi connectivity index (χ4n) is 1.98. The van der Waals surface area contributed by atoms with Crippen LogP contribution in [0, 0.1) is 6.92 Å². The number of carbonyl (C=O) groups is 1. The highest BCUT2D eigenvalue weighted by molar-refractivity contribution is 7.19. The molecule has 3 rings (SSSR count). The summed E-state index contributed by atoms with van der Waals surface area (Å²) in [5.74, 6) is 0.753. The molecular weight excluding hydrogens is 288 g/mol. The molecule has 0 fully saturated rings. The molecule has 0 saturated heterocycles. The number of anilines is 1. The van der Waals surface area contributed by atoms with E-state index < -0.39 is 6.09 Å². The van der Waals surface area contributed by atoms with Crippen LogP contribution in [0.15, 0.2) is 24.3 Å². The smallest absolute Gasteiger partial charge is 0.413 e. The lowest BCUT2D eigenvalue weighted by atomic mass is 10.3. The van der Waals surface area contributed by atoms with E-state index in [-0.39, 0.29) is 0 Å². The molecule has 2 aromatic heterocycles. The van der Waals surface area contributed by atoms with Crippen molar-refractivity contribution in [3.63, 3.8) is 0 Å². The first-order valence-corrected chi connectivity index (χ1v) is 7.35. The van der Waals surface area contributed by atoms with E-state index in [0.29, 0.717) is 11.7 Å². The molecule has 0 atom stereocenters. The fourth-order valence-corrected chi connectivity index (χ4v) is 2.88. The Bertz CT molecular complexity index is 760. The van der Waals surface area contributed by atoms with Gasteiger partial charge in [0, 0.05) is 0 Å². The molecular formula is C14H14N4O2S. The third-order valence-electron chi connectivity index (χ3n) is 2.89. The van der Waals surface area contributed by atoms with Crippen LogP contribution < -0.4 is 5.32 Å². The molecule has 0 aliphatic heterocycles. The number of hydrogen-bond acceptors (Lipinski definition) is 5. The number of amides is 1. The van der Waals surface area contributed by atoms with Crippen LogP contribution >= 0.6 is 11.3 Å². The van der Waals surface area contributed by atoms with Crippen LogP contribution in [0.4, 0.5) is 9.93 Å². The molecule has 0 bridgehead atoms. The number of thiazole rings is 1. The molecule has 0 aliphatic carbocycles. The maximum Gasteiger partial charge on any atom is 0.413 e. The van der Waals surface area contributed by atoms with Crippen LogP contribution in [0.5, 0.6) is 0 Å². The summed E-state index contributed by atoms with van der Waals surface area (Å²) in [5.41, 5.74) is 2.69. The van der Waals surface area contributed by atoms with E-state index in [2.05, 4.69) is 20.3 Å². The summed E-state index contributed by atoms with van der Waals surface area (Å²) in [6.45, 7) is 3.97. The number of aromatic nitrogens is 3. The summed E-state index contributed by atoms with van der Waals surface area (Å²) >= 11 is 1.37. The SMILES string of the molecule is CCOC(=O)Nc1nc(C)c(-c2nc3ccccc3[nH]2)s1. The van der Waals surface area contributed by atoms with Gasteiger partial charge in [-0.2, -0.15) is 0 Å². The zero-order chi connectivity index (χ0) is 14.8. The predicted octanol–water partition coefficient (Wildman–Crippen LogP) is 3.56. The Hall–Kier alpha value is -2.41. The van der Waals surface area contributed by atoms with Gasteiger partial charge in [0.2, 0.25) is 0 Å². The highest BCUT2D eigenvalue weighted by atomic mass is 32.1. The van der Waals surface area contributed by atoms with Crippen molar-refractivity contribution < 1.29 is 9.53 Å². The highest BCUT2D eigenvalue weighted by Gasteiger charge is 2.15. The van der Waals surface area contributed by atoms with Crippen molar-refractivity contribution >= 4 is 33.6 Å². The molecule has 7 heteroatoms. The standard InChI is InChI=1S/C14H14N4O2S/c1-3-20-14(19)18-13-15-8(2)11(21-13)12-16-9-6-4-5-7-10(9)17-12/h4-7H,3H2,1-2H3,(H,16,17)(H,15,18,19). The number of benzene rings is 1. The maximum atomic E-state index is 11.4. The van der Waals surface area contributed by atoms with Crippen LogP contribution in [-0.4, -0.2) is 27.7 Å². The van der Waals surface area contributed by atoms with Gasteiger partial charge in [-0.1, -0.05) is 23.5 Å². The van der Waals surface area contributed by atoms with E-state index >= 15 is 0 Å². The van der Waals surface area contributed by atoms with Crippen molar-refractivity contribution in [2.75, 3.05) is 11.9 Å². The lowest BCUT2D eigenvalue weighted by Crippen LogP contribution is -2.12. The number of hydrogen-bond donors (Lipinski definition) is 2. The minimum Gasteiger partial charge on any atom is -0.450 e. The van der Waals surface area contributed by atoms with Crippen LogP contribution in [0.25, 0.3) is 21.7 Å². The second-order valence-corrected chi connectivity index (χ2v) is 5.38. The quantitative estimate of drug-likeness (QED) is 0.775. The van der Waals surface area contributed by atoms with Gasteiger partial charge in [-0.15, -0.1) is 0 Å². The van der Waals surface area contributed by atoms with Gasteiger partial charge < -0.3 is 9.72 Å². The number of H-pyrrole nitrogens is 1. The normalized spacial score (nSPS) is 10.8. The summed E-state index contributed by atoms with van der Waals surface area (Å²) in [7, 11) is 0. The summed E-state index contributed by atoms with van der Waals surface area (Å²) in [6.07, 6.45) is -0.498. The van der Waals surface area contributed by atoms with Crippen molar-refractivity contribution in [1.29, 1.82) is 0 Å². The van der Waals surface area contributed by atoms with Gasteiger partial charge in [-0.05, 0) is 26.0 Å². The fraction of sp³-hybridized carbons (Fsp3) is 0.214. The largest absolute Gasteiger partial charge is 0.450 e. The number of aryl methyl sites for hydroxylation is 1. The minimum absolute atomic E-state index is 0.326. The summed E-state index contributed by atoms with van der Waals surface area (Å²) in [6, 6.07) is 7.82. The van der Waals surface area contributed by atoms with Gasteiger partial charge in [0.05, 0.1) is 28.2 Å². The molecule has 1 aromatic carbocycles. The number of ether oxygens (including phenoxy) is 1. The molecule has 0 radical (unpaired) electrons. The van der Waals surface area contributed by atoms with E-state index in [9.17, 15) is 4.79 Å². The van der Waals surface area contributed by atoms with Crippen molar-refractivity contribution in [1.82, 2.24) is 15.0 Å². The van der Waals surface area contributed by atoms with Crippen molar-refractivity contribution in [3.8, 4) is 10.7 Å². The van der Waals surface area contributed by atoms with E-state index in [1.54, 1.807) is 6.92 Å². The van der Waals surface area contributed by atoms with Crippen molar-refractivity contribution in [3.05, 3.63) is 30.0 Å². The molecule has 2 N–H and O–H groups in total. The van der Waals surface area contributed by atoms with Gasteiger partial charge in [-0.25, -0.2) is 14.8 Å². The minimum atomic E-state index is -0.498. The van der Waals surface area contributed by atoms with Gasteiger partial charge >= 0.3 is 6.09 Å².